The number of benzene rings is 1. The van der Waals surface area contributed by atoms with Gasteiger partial charge in [0, 0.05) is 18.0 Å². The zero-order chi connectivity index (χ0) is 20.6. The van der Waals surface area contributed by atoms with E-state index in [0.29, 0.717) is 36.1 Å². The summed E-state index contributed by atoms with van der Waals surface area (Å²) in [4.78, 5) is 16.4. The largest absolute Gasteiger partial charge is 0.486 e. The maximum Gasteiger partial charge on any atom is 0.417 e. The molecule has 0 radical (unpaired) electrons. The molecule has 0 bridgehead atoms. The molecule has 7 nitrogen and oxygen atoms in total. The lowest BCUT2D eigenvalue weighted by molar-refractivity contribution is -0.137. The van der Waals surface area contributed by atoms with E-state index in [0.717, 1.165) is 12.3 Å². The van der Waals surface area contributed by atoms with Gasteiger partial charge in [0.1, 0.15) is 13.2 Å². The number of aromatic nitrogens is 3. The molecule has 2 aromatic heterocycles. The molecule has 10 heteroatoms. The van der Waals surface area contributed by atoms with Crippen LogP contribution in [0.3, 0.4) is 0 Å². The predicted molar refractivity (Wildman–Crippen MR) is 96.5 cm³/mol. The Morgan fingerprint density at radius 2 is 1.86 bits per heavy atom. The van der Waals surface area contributed by atoms with Crippen LogP contribution in [-0.4, -0.2) is 33.9 Å². The minimum atomic E-state index is -4.47. The maximum absolute atomic E-state index is 12.7. The predicted octanol–water partition coefficient (Wildman–Crippen LogP) is 3.62. The number of nitrogens with one attached hydrogen (secondary N) is 1. The minimum absolute atomic E-state index is 0.175. The van der Waals surface area contributed by atoms with Crippen molar-refractivity contribution in [2.24, 2.45) is 0 Å². The molecule has 3 heterocycles. The van der Waals surface area contributed by atoms with Gasteiger partial charge in [-0.1, -0.05) is 0 Å². The second-order valence-electron chi connectivity index (χ2n) is 6.27. The van der Waals surface area contributed by atoms with Crippen molar-refractivity contribution in [2.45, 2.75) is 13.1 Å². The highest BCUT2D eigenvalue weighted by Crippen LogP contribution is 2.33. The first-order chi connectivity index (χ1) is 13.8. The highest BCUT2D eigenvalue weighted by atomic mass is 19.4. The van der Waals surface area contributed by atoms with E-state index in [1.165, 1.54) is 16.9 Å². The van der Waals surface area contributed by atoms with Gasteiger partial charge in [-0.25, -0.2) is 9.67 Å². The molecule has 0 saturated carbocycles. The van der Waals surface area contributed by atoms with Gasteiger partial charge in [-0.15, -0.1) is 0 Å². The Kier molecular flexibility index (Phi) is 4.61. The Hall–Kier alpha value is -3.56. The molecule has 0 aliphatic carbocycles. The lowest BCUT2D eigenvalue weighted by Gasteiger charge is -2.19. The molecule has 29 heavy (non-hydrogen) atoms. The zero-order valence-corrected chi connectivity index (χ0v) is 15.2. The zero-order valence-electron chi connectivity index (χ0n) is 15.2. The highest BCUT2D eigenvalue weighted by Gasteiger charge is 2.30. The number of hydrogen-bond donors (Lipinski definition) is 1. The molecule has 4 rings (SSSR count). The lowest BCUT2D eigenvalue weighted by atomic mass is 10.2. The summed E-state index contributed by atoms with van der Waals surface area (Å²) in [6.07, 6.45) is -2.41. The summed E-state index contributed by atoms with van der Waals surface area (Å²) >= 11 is 0. The van der Waals surface area contributed by atoms with Crippen LogP contribution in [-0.2, 0) is 6.18 Å². The van der Waals surface area contributed by atoms with Crippen LogP contribution in [0.5, 0.6) is 11.5 Å². The van der Waals surface area contributed by atoms with Crippen LogP contribution in [0.15, 0.2) is 42.7 Å². The normalized spacial score (nSPS) is 13.2. The van der Waals surface area contributed by atoms with Gasteiger partial charge in [-0.05, 0) is 31.2 Å². The Labute approximate surface area is 163 Å². The van der Waals surface area contributed by atoms with E-state index < -0.39 is 17.6 Å². The molecule has 0 unspecified atom stereocenters. The van der Waals surface area contributed by atoms with Crippen LogP contribution in [0.25, 0.3) is 5.82 Å². The smallest absolute Gasteiger partial charge is 0.417 e. The summed E-state index contributed by atoms with van der Waals surface area (Å²) in [5, 5.41) is 6.82. The summed E-state index contributed by atoms with van der Waals surface area (Å²) in [7, 11) is 0. The van der Waals surface area contributed by atoms with Crippen molar-refractivity contribution in [1.29, 1.82) is 0 Å². The average Bonchev–Trinajstić information content (AvgIpc) is 3.09. The SMILES string of the molecule is Cc1c(C(=O)Nc2ccc3c(c2)OCCO3)cnn1-c1ccc(C(F)(F)F)cn1. The van der Waals surface area contributed by atoms with Crippen LogP contribution in [0, 0.1) is 6.92 Å². The van der Waals surface area contributed by atoms with Crippen LogP contribution in [0.2, 0.25) is 0 Å². The van der Waals surface area contributed by atoms with Gasteiger partial charge in [-0.2, -0.15) is 18.3 Å². The maximum atomic E-state index is 12.7. The van der Waals surface area contributed by atoms with Crippen molar-refractivity contribution in [3.63, 3.8) is 0 Å². The number of halogens is 3. The Morgan fingerprint density at radius 1 is 1.10 bits per heavy atom. The van der Waals surface area contributed by atoms with Crippen molar-refractivity contribution in [3.05, 3.63) is 59.5 Å². The molecule has 1 aliphatic rings. The second kappa shape index (κ2) is 7.12. The first-order valence-electron chi connectivity index (χ1n) is 8.62. The summed E-state index contributed by atoms with van der Waals surface area (Å²) in [5.41, 5.74) is 0.357. The fourth-order valence-corrected chi connectivity index (χ4v) is 2.86. The Morgan fingerprint density at radius 3 is 2.55 bits per heavy atom. The number of amides is 1. The number of carbonyl (C=O) groups is 1. The molecule has 1 N–H and O–H groups in total. The molecule has 1 aliphatic heterocycles. The summed E-state index contributed by atoms with van der Waals surface area (Å²) in [6.45, 7) is 2.52. The van der Waals surface area contributed by atoms with Crippen molar-refractivity contribution in [3.8, 4) is 17.3 Å². The van der Waals surface area contributed by atoms with Crippen molar-refractivity contribution in [2.75, 3.05) is 18.5 Å². The summed E-state index contributed by atoms with van der Waals surface area (Å²) in [5.74, 6) is 0.897. The molecular weight excluding hydrogens is 389 g/mol. The lowest BCUT2D eigenvalue weighted by Crippen LogP contribution is -2.16. The van der Waals surface area contributed by atoms with E-state index >= 15 is 0 Å². The molecule has 0 saturated heterocycles. The van der Waals surface area contributed by atoms with Gasteiger partial charge in [-0.3, -0.25) is 4.79 Å². The number of rotatable bonds is 3. The van der Waals surface area contributed by atoms with Gasteiger partial charge in [0.15, 0.2) is 17.3 Å². The van der Waals surface area contributed by atoms with Gasteiger partial charge in [0.05, 0.1) is 23.0 Å². The first-order valence-corrected chi connectivity index (χ1v) is 8.62. The van der Waals surface area contributed by atoms with Crippen LogP contribution >= 0.6 is 0 Å². The number of nitrogens with zero attached hydrogens (tertiary/aromatic N) is 3. The Balaban J connectivity index is 1.54. The van der Waals surface area contributed by atoms with E-state index in [-0.39, 0.29) is 11.4 Å². The summed E-state index contributed by atoms with van der Waals surface area (Å²) < 4.78 is 50.3. The average molecular weight is 404 g/mol. The van der Waals surface area contributed by atoms with E-state index in [9.17, 15) is 18.0 Å². The van der Waals surface area contributed by atoms with Gasteiger partial charge >= 0.3 is 6.18 Å². The third-order valence-electron chi connectivity index (χ3n) is 4.35. The fourth-order valence-electron chi connectivity index (χ4n) is 2.86. The van der Waals surface area contributed by atoms with Gasteiger partial charge < -0.3 is 14.8 Å². The van der Waals surface area contributed by atoms with Crippen molar-refractivity contribution in [1.82, 2.24) is 14.8 Å². The van der Waals surface area contributed by atoms with E-state index in [4.69, 9.17) is 9.47 Å². The molecule has 0 fully saturated rings. The molecule has 1 aromatic carbocycles. The standard InChI is InChI=1S/C19H15F3N4O3/c1-11-14(10-24-26(11)17-5-2-12(9-23-17)19(20,21)22)18(27)25-13-3-4-15-16(8-13)29-7-6-28-15/h2-5,8-10H,6-7H2,1H3,(H,25,27). The number of hydrogen-bond acceptors (Lipinski definition) is 5. The molecule has 150 valence electrons. The first kappa shape index (κ1) is 18.8. The van der Waals surface area contributed by atoms with Crippen LogP contribution in [0.4, 0.5) is 18.9 Å². The van der Waals surface area contributed by atoms with Gasteiger partial charge in [0.25, 0.3) is 5.91 Å². The molecule has 0 spiro atoms. The van der Waals surface area contributed by atoms with E-state index in [1.54, 1.807) is 25.1 Å². The second-order valence-corrected chi connectivity index (χ2v) is 6.27. The topological polar surface area (TPSA) is 78.3 Å². The van der Waals surface area contributed by atoms with Crippen LogP contribution in [0.1, 0.15) is 21.6 Å². The third-order valence-corrected chi connectivity index (χ3v) is 4.35. The summed E-state index contributed by atoms with van der Waals surface area (Å²) in [6, 6.07) is 7.16. The number of carbonyl (C=O) groups excluding carboxylic acids is 1. The number of ether oxygens (including phenoxy) is 2. The molecule has 3 aromatic rings. The quantitative estimate of drug-likeness (QED) is 0.722. The fraction of sp³-hybridized carbons (Fsp3) is 0.211. The third kappa shape index (κ3) is 3.73. The number of alkyl halides is 3. The molecular formula is C19H15F3N4O3. The number of pyridine rings is 1. The number of anilines is 1. The van der Waals surface area contributed by atoms with Crippen LogP contribution < -0.4 is 14.8 Å². The van der Waals surface area contributed by atoms with E-state index in [1.807, 2.05) is 0 Å². The minimum Gasteiger partial charge on any atom is -0.486 e. The monoisotopic (exact) mass is 404 g/mol. The number of fused-ring (bicyclic) bond motifs is 1. The molecule has 0 atom stereocenters. The Bertz CT molecular complexity index is 1060. The highest BCUT2D eigenvalue weighted by molar-refractivity contribution is 6.05. The van der Waals surface area contributed by atoms with Gasteiger partial charge in [0.2, 0.25) is 0 Å². The van der Waals surface area contributed by atoms with Crippen molar-refractivity contribution < 1.29 is 27.4 Å². The molecule has 1 amide bonds. The van der Waals surface area contributed by atoms with Crippen molar-refractivity contribution >= 4 is 11.6 Å². The van der Waals surface area contributed by atoms with E-state index in [2.05, 4.69) is 15.4 Å².